The van der Waals surface area contributed by atoms with Crippen molar-refractivity contribution in [2.75, 3.05) is 6.61 Å². The van der Waals surface area contributed by atoms with Gasteiger partial charge in [-0.3, -0.25) is 0 Å². The Morgan fingerprint density at radius 1 is 0.833 bits per heavy atom. The van der Waals surface area contributed by atoms with Crippen molar-refractivity contribution in [3.8, 4) is 0 Å². The van der Waals surface area contributed by atoms with E-state index in [1.54, 1.807) is 0 Å². The fraction of sp³-hybridized carbons (Fsp3) is 0.455. The summed E-state index contributed by atoms with van der Waals surface area (Å²) in [6, 6.07) is 18.7. The Bertz CT molecular complexity index is 579. The zero-order valence-corrected chi connectivity index (χ0v) is 15.4. The number of aliphatic hydroxyl groups is 1. The van der Waals surface area contributed by atoms with Crippen LogP contribution in [0, 0.1) is 5.41 Å². The van der Waals surface area contributed by atoms with Gasteiger partial charge in [0.05, 0.1) is 0 Å². The fourth-order valence-electron chi connectivity index (χ4n) is 3.28. The van der Waals surface area contributed by atoms with Crippen molar-refractivity contribution in [2.45, 2.75) is 51.9 Å². The number of hydrogen-bond acceptors (Lipinski definition) is 1. The largest absolute Gasteiger partial charge is 0.396 e. The van der Waals surface area contributed by atoms with Crippen molar-refractivity contribution in [1.82, 2.24) is 0 Å². The van der Waals surface area contributed by atoms with Gasteiger partial charge in [-0.05, 0) is 60.8 Å². The molecule has 0 heterocycles. The second-order valence-electron chi connectivity index (χ2n) is 6.87. The van der Waals surface area contributed by atoms with E-state index in [-0.39, 0.29) is 12.0 Å². The van der Waals surface area contributed by atoms with Crippen molar-refractivity contribution in [3.63, 3.8) is 0 Å². The predicted molar refractivity (Wildman–Crippen MR) is 104 cm³/mol. The second-order valence-corrected chi connectivity index (χ2v) is 7.31. The third kappa shape index (κ3) is 5.96. The Morgan fingerprint density at radius 2 is 1.42 bits per heavy atom. The van der Waals surface area contributed by atoms with Gasteiger partial charge in [0, 0.05) is 11.6 Å². The molecular formula is C22H29ClO. The molecule has 1 atom stereocenters. The minimum Gasteiger partial charge on any atom is -0.396 e. The van der Waals surface area contributed by atoms with Crippen LogP contribution in [0.3, 0.4) is 0 Å². The van der Waals surface area contributed by atoms with E-state index in [1.807, 2.05) is 12.1 Å². The third-order valence-electron chi connectivity index (χ3n) is 5.04. The molecule has 0 saturated carbocycles. The molecular weight excluding hydrogens is 316 g/mol. The van der Waals surface area contributed by atoms with Gasteiger partial charge in [0.1, 0.15) is 0 Å². The summed E-state index contributed by atoms with van der Waals surface area (Å²) < 4.78 is 0. The van der Waals surface area contributed by atoms with Crippen molar-refractivity contribution in [3.05, 3.63) is 70.7 Å². The van der Waals surface area contributed by atoms with Crippen LogP contribution < -0.4 is 0 Å². The van der Waals surface area contributed by atoms with Gasteiger partial charge in [-0.2, -0.15) is 0 Å². The molecule has 2 aromatic rings. The monoisotopic (exact) mass is 344 g/mol. The Hall–Kier alpha value is -1.31. The van der Waals surface area contributed by atoms with Gasteiger partial charge in [-0.25, -0.2) is 0 Å². The highest BCUT2D eigenvalue weighted by Gasteiger charge is 2.28. The molecule has 0 radical (unpaired) electrons. The molecule has 0 aliphatic rings. The van der Waals surface area contributed by atoms with Crippen LogP contribution in [0.2, 0.25) is 5.02 Å². The van der Waals surface area contributed by atoms with E-state index < -0.39 is 0 Å². The number of benzene rings is 2. The highest BCUT2D eigenvalue weighted by molar-refractivity contribution is 6.30. The molecule has 1 N–H and O–H groups in total. The Labute approximate surface area is 151 Å². The summed E-state index contributed by atoms with van der Waals surface area (Å²) in [7, 11) is 0. The van der Waals surface area contributed by atoms with Crippen LogP contribution in [0.25, 0.3) is 0 Å². The van der Waals surface area contributed by atoms with Crippen LogP contribution in [0.4, 0.5) is 0 Å². The number of aliphatic hydroxyl groups excluding tert-OH is 1. The van der Waals surface area contributed by atoms with Gasteiger partial charge in [0.15, 0.2) is 0 Å². The van der Waals surface area contributed by atoms with Crippen molar-refractivity contribution >= 4 is 11.6 Å². The lowest BCUT2D eigenvalue weighted by Crippen LogP contribution is -2.27. The lowest BCUT2D eigenvalue weighted by molar-refractivity contribution is 0.0930. The zero-order chi connectivity index (χ0) is 17.3. The molecule has 0 saturated heterocycles. The van der Waals surface area contributed by atoms with Crippen molar-refractivity contribution < 1.29 is 5.11 Å². The molecule has 130 valence electrons. The van der Waals surface area contributed by atoms with E-state index in [9.17, 15) is 5.11 Å². The minimum absolute atomic E-state index is 0.0193. The van der Waals surface area contributed by atoms with E-state index in [4.69, 9.17) is 11.6 Å². The second kappa shape index (κ2) is 9.86. The summed E-state index contributed by atoms with van der Waals surface area (Å²) in [6.07, 6.45) is 7.55. The Morgan fingerprint density at radius 3 is 1.96 bits per heavy atom. The SMILES string of the molecule is CCCCC(CO)(CCc1ccccc1)CCc1ccc(Cl)cc1. The molecule has 2 heteroatoms. The molecule has 0 aliphatic heterocycles. The van der Waals surface area contributed by atoms with E-state index >= 15 is 0 Å². The normalized spacial score (nSPS) is 13.6. The van der Waals surface area contributed by atoms with Gasteiger partial charge >= 0.3 is 0 Å². The smallest absolute Gasteiger partial charge is 0.0487 e. The maximum Gasteiger partial charge on any atom is 0.0487 e. The first-order chi connectivity index (χ1) is 11.7. The summed E-state index contributed by atoms with van der Waals surface area (Å²) in [5.41, 5.74) is 2.68. The fourth-order valence-corrected chi connectivity index (χ4v) is 3.40. The molecule has 24 heavy (non-hydrogen) atoms. The lowest BCUT2D eigenvalue weighted by Gasteiger charge is -2.32. The zero-order valence-electron chi connectivity index (χ0n) is 14.7. The average molecular weight is 345 g/mol. The molecule has 0 aromatic heterocycles. The average Bonchev–Trinajstić information content (AvgIpc) is 2.64. The Kier molecular flexibility index (Phi) is 7.81. The number of hydrogen-bond donors (Lipinski definition) is 1. The van der Waals surface area contributed by atoms with Gasteiger partial charge < -0.3 is 5.11 Å². The van der Waals surface area contributed by atoms with Crippen LogP contribution in [-0.2, 0) is 12.8 Å². The predicted octanol–water partition coefficient (Wildman–Crippen LogP) is 6.07. The first-order valence-corrected chi connectivity index (χ1v) is 9.44. The van der Waals surface area contributed by atoms with Crippen LogP contribution >= 0.6 is 11.6 Å². The molecule has 0 amide bonds. The number of halogens is 1. The van der Waals surface area contributed by atoms with Crippen molar-refractivity contribution in [2.24, 2.45) is 5.41 Å². The van der Waals surface area contributed by atoms with Gasteiger partial charge in [-0.15, -0.1) is 0 Å². The number of rotatable bonds is 10. The quantitative estimate of drug-likeness (QED) is 0.554. The van der Waals surface area contributed by atoms with Gasteiger partial charge in [0.25, 0.3) is 0 Å². The topological polar surface area (TPSA) is 20.2 Å². The maximum absolute atomic E-state index is 10.2. The minimum atomic E-state index is 0.0193. The maximum atomic E-state index is 10.2. The standard InChI is InChI=1S/C22H29ClO/c1-2-3-15-22(18-24,16-13-19-7-5-4-6-8-19)17-14-20-9-11-21(23)12-10-20/h4-12,24H,2-3,13-18H2,1H3. The van der Waals surface area contributed by atoms with Gasteiger partial charge in [0.2, 0.25) is 0 Å². The summed E-state index contributed by atoms with van der Waals surface area (Å²) in [5, 5.41) is 11.0. The molecule has 2 aromatic carbocycles. The first kappa shape index (κ1) is 19.0. The molecule has 0 spiro atoms. The van der Waals surface area contributed by atoms with E-state index in [1.165, 1.54) is 24.0 Å². The van der Waals surface area contributed by atoms with Crippen LogP contribution in [0.15, 0.2) is 54.6 Å². The van der Waals surface area contributed by atoms with Crippen LogP contribution in [0.1, 0.15) is 50.2 Å². The summed E-state index contributed by atoms with van der Waals surface area (Å²) >= 11 is 5.98. The Balaban J connectivity index is 2.02. The molecule has 0 aliphatic carbocycles. The van der Waals surface area contributed by atoms with Crippen LogP contribution in [0.5, 0.6) is 0 Å². The van der Waals surface area contributed by atoms with Crippen LogP contribution in [-0.4, -0.2) is 11.7 Å². The highest BCUT2D eigenvalue weighted by atomic mass is 35.5. The summed E-state index contributed by atoms with van der Waals surface area (Å²) in [6.45, 7) is 2.49. The lowest BCUT2D eigenvalue weighted by atomic mass is 9.74. The van der Waals surface area contributed by atoms with E-state index in [2.05, 4.69) is 49.4 Å². The number of aryl methyl sites for hydroxylation is 2. The van der Waals surface area contributed by atoms with Crippen molar-refractivity contribution in [1.29, 1.82) is 0 Å². The molecule has 1 nitrogen and oxygen atoms in total. The van der Waals surface area contributed by atoms with E-state index in [0.717, 1.165) is 37.1 Å². The third-order valence-corrected chi connectivity index (χ3v) is 5.29. The molecule has 0 fully saturated rings. The number of unbranched alkanes of at least 4 members (excludes halogenated alkanes) is 1. The molecule has 2 rings (SSSR count). The summed E-state index contributed by atoms with van der Waals surface area (Å²) in [4.78, 5) is 0. The first-order valence-electron chi connectivity index (χ1n) is 9.07. The molecule has 1 unspecified atom stereocenters. The van der Waals surface area contributed by atoms with Gasteiger partial charge in [-0.1, -0.05) is 73.8 Å². The molecule has 0 bridgehead atoms. The summed E-state index contributed by atoms with van der Waals surface area (Å²) in [5.74, 6) is 0. The highest BCUT2D eigenvalue weighted by Crippen LogP contribution is 2.35. The van der Waals surface area contributed by atoms with E-state index in [0.29, 0.717) is 0 Å².